The highest BCUT2D eigenvalue weighted by Gasteiger charge is 2.16. The molecule has 1 heterocycles. The summed E-state index contributed by atoms with van der Waals surface area (Å²) in [7, 11) is -3.66. The van der Waals surface area contributed by atoms with Gasteiger partial charge in [-0.2, -0.15) is 18.4 Å². The van der Waals surface area contributed by atoms with Crippen molar-refractivity contribution in [3.63, 3.8) is 0 Å². The van der Waals surface area contributed by atoms with E-state index in [1.54, 1.807) is 37.3 Å². The summed E-state index contributed by atoms with van der Waals surface area (Å²) in [4.78, 5) is 4.92. The van der Waals surface area contributed by atoms with Crippen molar-refractivity contribution in [2.45, 2.75) is 39.5 Å². The lowest BCUT2D eigenvalue weighted by molar-refractivity contribution is 0.583. The fourth-order valence-corrected chi connectivity index (χ4v) is 4.39. The molecule has 0 aliphatic carbocycles. The first-order valence-electron chi connectivity index (χ1n) is 6.91. The molecule has 0 saturated carbocycles. The Bertz CT molecular complexity index is 834. The van der Waals surface area contributed by atoms with Crippen molar-refractivity contribution in [1.82, 2.24) is 4.83 Å². The number of sulfonamides is 1. The zero-order valence-electron chi connectivity index (χ0n) is 13.4. The van der Waals surface area contributed by atoms with Gasteiger partial charge in [-0.1, -0.05) is 12.1 Å². The van der Waals surface area contributed by atoms with Crippen molar-refractivity contribution in [3.8, 4) is 0 Å². The van der Waals surface area contributed by atoms with Gasteiger partial charge in [0.15, 0.2) is 0 Å². The lowest BCUT2D eigenvalue weighted by Crippen LogP contribution is -2.21. The van der Waals surface area contributed by atoms with Crippen LogP contribution in [0, 0.1) is 27.7 Å². The number of hydrogen-bond donors (Lipinski definition) is 1. The number of nitrogens with zero attached hydrogens (tertiary/aromatic N) is 1. The Kier molecular flexibility index (Phi) is 4.72. The Morgan fingerprint density at radius 3 is 2.41 bits per heavy atom. The van der Waals surface area contributed by atoms with Gasteiger partial charge >= 0.3 is 0 Å². The highest BCUT2D eigenvalue weighted by molar-refractivity contribution is 7.89. The number of hydrazone groups is 1. The van der Waals surface area contributed by atoms with Crippen molar-refractivity contribution >= 4 is 27.1 Å². The fraction of sp³-hybridized carbons (Fsp3) is 0.312. The van der Waals surface area contributed by atoms with Gasteiger partial charge in [-0.05, 0) is 57.9 Å². The molecule has 0 bridgehead atoms. The first-order chi connectivity index (χ1) is 10.2. The van der Waals surface area contributed by atoms with Gasteiger partial charge in [-0.15, -0.1) is 11.3 Å². The Morgan fingerprint density at radius 1 is 1.14 bits per heavy atom. The van der Waals surface area contributed by atoms with Gasteiger partial charge in [0.1, 0.15) is 0 Å². The van der Waals surface area contributed by atoms with Crippen LogP contribution in [-0.4, -0.2) is 14.1 Å². The third-order valence-electron chi connectivity index (χ3n) is 3.40. The molecule has 0 aliphatic heterocycles. The number of thiophene rings is 1. The van der Waals surface area contributed by atoms with Crippen LogP contribution in [0.4, 0.5) is 0 Å². The molecule has 22 heavy (non-hydrogen) atoms. The molecule has 0 spiro atoms. The largest absolute Gasteiger partial charge is 0.276 e. The van der Waals surface area contributed by atoms with Crippen molar-refractivity contribution in [1.29, 1.82) is 0 Å². The number of benzene rings is 1. The Balaban J connectivity index is 2.31. The summed E-state index contributed by atoms with van der Waals surface area (Å²) in [5.41, 5.74) is 3.24. The van der Waals surface area contributed by atoms with E-state index in [1.165, 1.54) is 4.88 Å². The van der Waals surface area contributed by atoms with E-state index in [-0.39, 0.29) is 4.90 Å². The average Bonchev–Trinajstić information content (AvgIpc) is 2.78. The maximum atomic E-state index is 12.4. The van der Waals surface area contributed by atoms with Gasteiger partial charge in [-0.3, -0.25) is 0 Å². The van der Waals surface area contributed by atoms with Crippen LogP contribution in [0.1, 0.15) is 33.4 Å². The topological polar surface area (TPSA) is 58.5 Å². The van der Waals surface area contributed by atoms with Crippen LogP contribution >= 0.6 is 11.3 Å². The summed E-state index contributed by atoms with van der Waals surface area (Å²) < 4.78 is 24.8. The summed E-state index contributed by atoms with van der Waals surface area (Å²) in [6, 6.07) is 7.36. The molecule has 1 aromatic carbocycles. The van der Waals surface area contributed by atoms with Gasteiger partial charge < -0.3 is 0 Å². The highest BCUT2D eigenvalue weighted by atomic mass is 32.2. The van der Waals surface area contributed by atoms with Crippen LogP contribution in [0.15, 0.2) is 34.3 Å². The van der Waals surface area contributed by atoms with Crippen molar-refractivity contribution in [2.75, 3.05) is 0 Å². The molecule has 118 valence electrons. The predicted octanol–water partition coefficient (Wildman–Crippen LogP) is 3.68. The number of hydrogen-bond acceptors (Lipinski definition) is 4. The molecule has 6 heteroatoms. The zero-order chi connectivity index (χ0) is 16.5. The first kappa shape index (κ1) is 16.7. The van der Waals surface area contributed by atoms with Crippen LogP contribution in [0.3, 0.4) is 0 Å². The van der Waals surface area contributed by atoms with Crippen molar-refractivity contribution in [3.05, 3.63) is 50.7 Å². The molecular formula is C16H20N2O2S2. The van der Waals surface area contributed by atoms with E-state index in [1.807, 2.05) is 32.9 Å². The standard InChI is InChI=1S/C16H20N2O2S2/c1-10-6-7-11(2)16(8-10)22(19,20)18-17-13(4)15-9-12(3)21-14(15)5/h6-9,18H,1-5H3/b17-13-. The minimum absolute atomic E-state index is 0.266. The van der Waals surface area contributed by atoms with Crippen LogP contribution in [-0.2, 0) is 10.0 Å². The highest BCUT2D eigenvalue weighted by Crippen LogP contribution is 2.21. The SMILES string of the molecule is C/C(=N/NS(=O)(=O)c1cc(C)ccc1C)c1cc(C)sc1C. The first-order valence-corrected chi connectivity index (χ1v) is 9.21. The Labute approximate surface area is 135 Å². The fourth-order valence-electron chi connectivity index (χ4n) is 2.22. The lowest BCUT2D eigenvalue weighted by Gasteiger charge is -2.08. The minimum Gasteiger partial charge on any atom is -0.200 e. The van der Waals surface area contributed by atoms with Crippen molar-refractivity contribution in [2.24, 2.45) is 5.10 Å². The van der Waals surface area contributed by atoms with E-state index in [0.717, 1.165) is 16.0 Å². The molecule has 1 aromatic heterocycles. The monoisotopic (exact) mass is 336 g/mol. The van der Waals surface area contributed by atoms with E-state index in [2.05, 4.69) is 9.93 Å². The van der Waals surface area contributed by atoms with Gasteiger partial charge in [0.05, 0.1) is 10.6 Å². The molecule has 2 rings (SSSR count). The van der Waals surface area contributed by atoms with Gasteiger partial charge in [-0.25, -0.2) is 0 Å². The molecule has 0 amide bonds. The van der Waals surface area contributed by atoms with Gasteiger partial charge in [0.2, 0.25) is 0 Å². The van der Waals surface area contributed by atoms with Crippen molar-refractivity contribution < 1.29 is 8.42 Å². The zero-order valence-corrected chi connectivity index (χ0v) is 15.0. The van der Waals surface area contributed by atoms with Crippen LogP contribution in [0.5, 0.6) is 0 Å². The van der Waals surface area contributed by atoms with Crippen LogP contribution in [0.25, 0.3) is 0 Å². The van der Waals surface area contributed by atoms with Gasteiger partial charge in [0, 0.05) is 15.3 Å². The molecule has 0 unspecified atom stereocenters. The second-order valence-electron chi connectivity index (χ2n) is 5.39. The number of nitrogens with one attached hydrogen (secondary N) is 1. The minimum atomic E-state index is -3.66. The Hall–Kier alpha value is -1.66. The average molecular weight is 336 g/mol. The quantitative estimate of drug-likeness (QED) is 0.684. The van der Waals surface area contributed by atoms with Gasteiger partial charge in [0.25, 0.3) is 10.0 Å². The third kappa shape index (κ3) is 3.56. The summed E-state index contributed by atoms with van der Waals surface area (Å²) in [6.45, 7) is 9.47. The third-order valence-corrected chi connectivity index (χ3v) is 5.71. The molecular weight excluding hydrogens is 316 g/mol. The number of aryl methyl sites for hydroxylation is 4. The summed E-state index contributed by atoms with van der Waals surface area (Å²) in [6.07, 6.45) is 0. The molecule has 0 radical (unpaired) electrons. The summed E-state index contributed by atoms with van der Waals surface area (Å²) in [5.74, 6) is 0. The summed E-state index contributed by atoms with van der Waals surface area (Å²) >= 11 is 1.67. The molecule has 1 N–H and O–H groups in total. The van der Waals surface area contributed by atoms with E-state index >= 15 is 0 Å². The van der Waals surface area contributed by atoms with Crippen LogP contribution < -0.4 is 4.83 Å². The lowest BCUT2D eigenvalue weighted by atomic mass is 10.2. The maximum Gasteiger partial charge on any atom is 0.276 e. The molecule has 2 aromatic rings. The van der Waals surface area contributed by atoms with E-state index < -0.39 is 10.0 Å². The van der Waals surface area contributed by atoms with E-state index in [0.29, 0.717) is 11.3 Å². The second-order valence-corrected chi connectivity index (χ2v) is 8.48. The second kappa shape index (κ2) is 6.22. The summed E-state index contributed by atoms with van der Waals surface area (Å²) in [5, 5.41) is 4.07. The van der Waals surface area contributed by atoms with Crippen LogP contribution in [0.2, 0.25) is 0 Å². The molecule has 4 nitrogen and oxygen atoms in total. The van der Waals surface area contributed by atoms with E-state index in [4.69, 9.17) is 0 Å². The molecule has 0 aliphatic rings. The molecule has 0 fully saturated rings. The molecule has 0 atom stereocenters. The smallest absolute Gasteiger partial charge is 0.200 e. The Morgan fingerprint density at radius 2 is 1.82 bits per heavy atom. The maximum absolute atomic E-state index is 12.4. The van der Waals surface area contributed by atoms with E-state index in [9.17, 15) is 8.42 Å². The molecule has 0 saturated heterocycles. The predicted molar refractivity (Wildman–Crippen MR) is 92.2 cm³/mol. The normalized spacial score (nSPS) is 12.5. The number of rotatable bonds is 4.